The molecule has 0 bridgehead atoms. The summed E-state index contributed by atoms with van der Waals surface area (Å²) in [4.78, 5) is 6.85. The largest absolute Gasteiger partial charge is 0.347 e. The van der Waals surface area contributed by atoms with Crippen LogP contribution in [-0.2, 0) is 23.1 Å². The molecule has 3 N–H and O–H groups in total. The highest BCUT2D eigenvalue weighted by Gasteiger charge is 2.16. The lowest BCUT2D eigenvalue weighted by atomic mass is 10.4. The van der Waals surface area contributed by atoms with Crippen LogP contribution < -0.4 is 10.0 Å². The van der Waals surface area contributed by atoms with Gasteiger partial charge in [0.1, 0.15) is 4.90 Å². The molecule has 0 aliphatic heterocycles. The molecule has 2 heterocycles. The van der Waals surface area contributed by atoms with Gasteiger partial charge in [0.05, 0.1) is 19.1 Å². The quantitative estimate of drug-likeness (QED) is 0.569. The predicted octanol–water partition coefficient (Wildman–Crippen LogP) is 0.0843. The number of rotatable bonds is 9. The average molecular weight is 312 g/mol. The first-order chi connectivity index (χ1) is 10.1. The van der Waals surface area contributed by atoms with E-state index in [1.165, 1.54) is 12.5 Å². The number of nitrogens with zero attached hydrogens (tertiary/aromatic N) is 3. The van der Waals surface area contributed by atoms with Gasteiger partial charge in [-0.05, 0) is 19.5 Å². The fourth-order valence-electron chi connectivity index (χ4n) is 1.79. The van der Waals surface area contributed by atoms with E-state index in [1.807, 2.05) is 6.92 Å². The second-order valence-corrected chi connectivity index (χ2v) is 6.31. The Bertz CT molecular complexity index is 635. The Balaban J connectivity index is 1.89. The van der Waals surface area contributed by atoms with Crippen LogP contribution in [0.1, 0.15) is 19.0 Å². The summed E-state index contributed by atoms with van der Waals surface area (Å²) in [5.74, 6) is 0. The van der Waals surface area contributed by atoms with Crippen LogP contribution in [0.25, 0.3) is 0 Å². The summed E-state index contributed by atoms with van der Waals surface area (Å²) in [6.45, 7) is 4.72. The van der Waals surface area contributed by atoms with Gasteiger partial charge in [-0.3, -0.25) is 4.68 Å². The summed E-state index contributed by atoms with van der Waals surface area (Å²) in [6.07, 6.45) is 6.89. The van der Waals surface area contributed by atoms with Gasteiger partial charge in [0.15, 0.2) is 0 Å². The molecule has 116 valence electrons. The Morgan fingerprint density at radius 3 is 2.95 bits per heavy atom. The highest BCUT2D eigenvalue weighted by molar-refractivity contribution is 7.89. The molecule has 21 heavy (non-hydrogen) atoms. The minimum atomic E-state index is -3.55. The van der Waals surface area contributed by atoms with E-state index in [0.717, 1.165) is 19.5 Å². The van der Waals surface area contributed by atoms with Gasteiger partial charge in [0.25, 0.3) is 0 Å². The number of hydrogen-bond donors (Lipinski definition) is 3. The Morgan fingerprint density at radius 2 is 2.24 bits per heavy atom. The minimum absolute atomic E-state index is 0.172. The lowest BCUT2D eigenvalue weighted by molar-refractivity contribution is 0.549. The van der Waals surface area contributed by atoms with Crippen molar-refractivity contribution < 1.29 is 8.42 Å². The van der Waals surface area contributed by atoms with Crippen molar-refractivity contribution >= 4 is 10.0 Å². The van der Waals surface area contributed by atoms with E-state index in [4.69, 9.17) is 0 Å². The van der Waals surface area contributed by atoms with Crippen molar-refractivity contribution in [3.05, 3.63) is 30.6 Å². The Morgan fingerprint density at radius 1 is 1.38 bits per heavy atom. The van der Waals surface area contributed by atoms with E-state index >= 15 is 0 Å². The van der Waals surface area contributed by atoms with Crippen LogP contribution in [0.2, 0.25) is 0 Å². The Kier molecular flexibility index (Phi) is 5.48. The second kappa shape index (κ2) is 7.34. The van der Waals surface area contributed by atoms with Crippen molar-refractivity contribution in [3.8, 4) is 0 Å². The molecule has 0 unspecified atom stereocenters. The zero-order valence-electron chi connectivity index (χ0n) is 11.9. The molecular formula is C12H20N6O2S. The maximum absolute atomic E-state index is 12.1. The molecule has 0 atom stereocenters. The summed E-state index contributed by atoms with van der Waals surface area (Å²) in [5.41, 5.74) is 0.705. The molecule has 0 fully saturated rings. The number of nitrogens with one attached hydrogen (secondary N) is 3. The smallest absolute Gasteiger partial charge is 0.244 e. The van der Waals surface area contributed by atoms with Crippen molar-refractivity contribution in [2.45, 2.75) is 31.3 Å². The molecule has 0 aliphatic rings. The predicted molar refractivity (Wildman–Crippen MR) is 78.0 cm³/mol. The maximum Gasteiger partial charge on any atom is 0.244 e. The van der Waals surface area contributed by atoms with E-state index in [-0.39, 0.29) is 11.4 Å². The highest BCUT2D eigenvalue weighted by Crippen LogP contribution is 2.08. The van der Waals surface area contributed by atoms with Gasteiger partial charge in [0.2, 0.25) is 10.0 Å². The van der Waals surface area contributed by atoms with E-state index in [0.29, 0.717) is 12.2 Å². The van der Waals surface area contributed by atoms with Crippen LogP contribution in [0.4, 0.5) is 0 Å². The molecule has 0 spiro atoms. The van der Waals surface area contributed by atoms with Crippen molar-refractivity contribution in [3.63, 3.8) is 0 Å². The Hall–Kier alpha value is -1.71. The third-order valence-electron chi connectivity index (χ3n) is 2.92. The third kappa shape index (κ3) is 4.66. The molecule has 2 aromatic heterocycles. The van der Waals surface area contributed by atoms with E-state index in [1.54, 1.807) is 17.1 Å². The number of H-pyrrole nitrogens is 1. The second-order valence-electron chi connectivity index (χ2n) is 4.55. The fourth-order valence-corrected chi connectivity index (χ4v) is 2.74. The fraction of sp³-hybridized carbons (Fsp3) is 0.500. The molecule has 0 amide bonds. The number of aromatic amines is 1. The molecule has 0 aromatic carbocycles. The van der Waals surface area contributed by atoms with Crippen molar-refractivity contribution in [1.82, 2.24) is 29.8 Å². The van der Waals surface area contributed by atoms with Crippen LogP contribution in [0.3, 0.4) is 0 Å². The summed E-state index contributed by atoms with van der Waals surface area (Å²) in [6, 6.07) is 0. The molecule has 0 saturated heterocycles. The van der Waals surface area contributed by atoms with Crippen LogP contribution in [0.15, 0.2) is 29.8 Å². The number of aromatic nitrogens is 4. The van der Waals surface area contributed by atoms with E-state index < -0.39 is 10.0 Å². The standard InChI is InChI=1S/C12H20N6O2S/c1-2-13-4-3-5-18-9-12(8-16-18)21(19,20)17-7-11-6-14-10-15-11/h6,8-10,13,17H,2-5,7H2,1H3,(H,14,15). The SMILES string of the molecule is CCNCCCn1cc(S(=O)(=O)NCc2cnc[nH]2)cn1. The van der Waals surface area contributed by atoms with Crippen LogP contribution in [0, 0.1) is 0 Å². The monoisotopic (exact) mass is 312 g/mol. The first kappa shape index (κ1) is 15.7. The van der Waals surface area contributed by atoms with Gasteiger partial charge in [-0.2, -0.15) is 5.10 Å². The molecule has 0 saturated carbocycles. The summed E-state index contributed by atoms with van der Waals surface area (Å²) in [5, 5.41) is 7.29. The van der Waals surface area contributed by atoms with Crippen LogP contribution >= 0.6 is 0 Å². The normalized spacial score (nSPS) is 11.9. The lowest BCUT2D eigenvalue weighted by Crippen LogP contribution is -2.23. The molecular weight excluding hydrogens is 292 g/mol. The van der Waals surface area contributed by atoms with Gasteiger partial charge >= 0.3 is 0 Å². The Labute approximate surface area is 124 Å². The first-order valence-corrected chi connectivity index (χ1v) is 8.30. The topological polar surface area (TPSA) is 105 Å². The van der Waals surface area contributed by atoms with Crippen molar-refractivity contribution in [2.24, 2.45) is 0 Å². The number of imidazole rings is 1. The molecule has 2 aromatic rings. The van der Waals surface area contributed by atoms with Gasteiger partial charge in [-0.1, -0.05) is 6.92 Å². The lowest BCUT2D eigenvalue weighted by Gasteiger charge is -2.03. The highest BCUT2D eigenvalue weighted by atomic mass is 32.2. The minimum Gasteiger partial charge on any atom is -0.347 e. The third-order valence-corrected chi connectivity index (χ3v) is 4.27. The average Bonchev–Trinajstić information content (AvgIpc) is 3.13. The van der Waals surface area contributed by atoms with Crippen LogP contribution in [-0.4, -0.2) is 41.3 Å². The van der Waals surface area contributed by atoms with Gasteiger partial charge < -0.3 is 10.3 Å². The molecule has 0 radical (unpaired) electrons. The van der Waals surface area contributed by atoms with Crippen molar-refractivity contribution in [1.29, 1.82) is 0 Å². The molecule has 9 heteroatoms. The zero-order valence-corrected chi connectivity index (χ0v) is 12.7. The maximum atomic E-state index is 12.1. The molecule has 8 nitrogen and oxygen atoms in total. The van der Waals surface area contributed by atoms with Crippen molar-refractivity contribution in [2.75, 3.05) is 13.1 Å². The first-order valence-electron chi connectivity index (χ1n) is 6.82. The summed E-state index contributed by atoms with van der Waals surface area (Å²) in [7, 11) is -3.55. The number of sulfonamides is 1. The molecule has 2 rings (SSSR count). The molecule has 0 aliphatic carbocycles. The van der Waals surface area contributed by atoms with Gasteiger partial charge in [0, 0.05) is 24.6 Å². The van der Waals surface area contributed by atoms with E-state index in [9.17, 15) is 8.42 Å². The van der Waals surface area contributed by atoms with Gasteiger partial charge in [-0.25, -0.2) is 18.1 Å². The van der Waals surface area contributed by atoms with Gasteiger partial charge in [-0.15, -0.1) is 0 Å². The zero-order chi connectivity index (χ0) is 15.1. The van der Waals surface area contributed by atoms with Crippen LogP contribution in [0.5, 0.6) is 0 Å². The number of aryl methyl sites for hydroxylation is 1. The summed E-state index contributed by atoms with van der Waals surface area (Å²) < 4.78 is 28.4. The number of hydrogen-bond acceptors (Lipinski definition) is 5. The van der Waals surface area contributed by atoms with E-state index in [2.05, 4.69) is 25.1 Å². The summed E-state index contributed by atoms with van der Waals surface area (Å²) >= 11 is 0.